The van der Waals surface area contributed by atoms with Crippen LogP contribution in [0.4, 0.5) is 8.39 Å². The van der Waals surface area contributed by atoms with Crippen LogP contribution in [-0.4, -0.2) is 0 Å². The van der Waals surface area contributed by atoms with Crippen molar-refractivity contribution in [2.75, 3.05) is 0 Å². The number of para-hydroxylation sites is 1. The predicted molar refractivity (Wildman–Crippen MR) is 94.7 cm³/mol. The van der Waals surface area contributed by atoms with E-state index in [9.17, 15) is 8.39 Å². The van der Waals surface area contributed by atoms with Crippen molar-refractivity contribution < 1.29 is 12.9 Å². The zero-order chi connectivity index (χ0) is 16.8. The molecule has 122 valence electrons. The molecule has 0 spiro atoms. The van der Waals surface area contributed by atoms with Crippen LogP contribution in [-0.2, 0) is 12.8 Å². The topological polar surface area (TPSA) is 9.23 Å². The maximum atomic E-state index is 13.0. The normalized spacial score (nSPS) is 10.8. The molecule has 0 aliphatic rings. The molecule has 3 aromatic carbocycles. The van der Waals surface area contributed by atoms with E-state index in [1.54, 1.807) is 0 Å². The van der Waals surface area contributed by atoms with Crippen LogP contribution in [0.5, 0.6) is 5.75 Å². The van der Waals surface area contributed by atoms with E-state index in [0.29, 0.717) is 18.6 Å². The Morgan fingerprint density at radius 1 is 0.625 bits per heavy atom. The zero-order valence-corrected chi connectivity index (χ0v) is 13.9. The van der Waals surface area contributed by atoms with Crippen molar-refractivity contribution in [2.24, 2.45) is 0 Å². The molecule has 1 nitrogen and oxygen atoms in total. The first-order valence-corrected chi connectivity index (χ1v) is 8.75. The molecular weight excluding hydrogens is 325 g/mol. The van der Waals surface area contributed by atoms with Gasteiger partial charge in [-0.05, 0) is 22.3 Å². The molecule has 0 saturated carbocycles. The van der Waals surface area contributed by atoms with Crippen LogP contribution in [0, 0.1) is 0 Å². The molecule has 0 saturated heterocycles. The standard InChI is InChI=1S/C20H17F2OP/c21-24(22)23-20-18(14-16-8-3-1-4-9-16)12-7-13-19(20)15-17-10-5-2-6-11-17/h1-13H,14-15H2. The quantitative estimate of drug-likeness (QED) is 0.470. The van der Waals surface area contributed by atoms with E-state index in [0.717, 1.165) is 22.3 Å². The number of hydrogen-bond acceptors (Lipinski definition) is 1. The summed E-state index contributed by atoms with van der Waals surface area (Å²) in [4.78, 5) is 0. The van der Waals surface area contributed by atoms with Gasteiger partial charge in [-0.15, -0.1) is 8.39 Å². The van der Waals surface area contributed by atoms with Crippen molar-refractivity contribution in [3.63, 3.8) is 0 Å². The average molecular weight is 342 g/mol. The second-order valence-electron chi connectivity index (χ2n) is 5.52. The van der Waals surface area contributed by atoms with Crippen molar-refractivity contribution in [1.29, 1.82) is 0 Å². The number of benzene rings is 3. The second kappa shape index (κ2) is 8.03. The Balaban J connectivity index is 1.94. The third-order valence-corrected chi connectivity index (χ3v) is 4.13. The molecule has 0 aliphatic heterocycles. The van der Waals surface area contributed by atoms with Gasteiger partial charge in [0.1, 0.15) is 5.75 Å². The summed E-state index contributed by atoms with van der Waals surface area (Å²) in [5.41, 5.74) is 3.72. The lowest BCUT2D eigenvalue weighted by Crippen LogP contribution is -1.98. The average Bonchev–Trinajstić information content (AvgIpc) is 2.59. The highest BCUT2D eigenvalue weighted by Crippen LogP contribution is 2.44. The van der Waals surface area contributed by atoms with E-state index in [2.05, 4.69) is 0 Å². The van der Waals surface area contributed by atoms with Gasteiger partial charge in [0.15, 0.2) is 0 Å². The van der Waals surface area contributed by atoms with Crippen molar-refractivity contribution in [3.8, 4) is 5.75 Å². The Kier molecular flexibility index (Phi) is 5.55. The lowest BCUT2D eigenvalue weighted by molar-refractivity contribution is 0.498. The number of hydrogen-bond donors (Lipinski definition) is 0. The van der Waals surface area contributed by atoms with Crippen LogP contribution in [0.1, 0.15) is 22.3 Å². The fraction of sp³-hybridized carbons (Fsp3) is 0.100. The van der Waals surface area contributed by atoms with Gasteiger partial charge in [0, 0.05) is 12.8 Å². The highest BCUT2D eigenvalue weighted by molar-refractivity contribution is 7.41. The first-order chi connectivity index (χ1) is 11.7. The van der Waals surface area contributed by atoms with Gasteiger partial charge in [0.05, 0.1) is 0 Å². The van der Waals surface area contributed by atoms with Crippen LogP contribution in [0.3, 0.4) is 0 Å². The summed E-state index contributed by atoms with van der Waals surface area (Å²) in [6, 6.07) is 25.2. The summed E-state index contributed by atoms with van der Waals surface area (Å²) in [7, 11) is -3.46. The van der Waals surface area contributed by atoms with Crippen LogP contribution in [0.2, 0.25) is 0 Å². The minimum Gasteiger partial charge on any atom is -0.420 e. The molecule has 0 unspecified atom stereocenters. The highest BCUT2D eigenvalue weighted by Gasteiger charge is 2.17. The Hall–Kier alpha value is -2.25. The van der Waals surface area contributed by atoms with Crippen LogP contribution < -0.4 is 4.52 Å². The predicted octanol–water partition coefficient (Wildman–Crippen LogP) is 6.41. The molecule has 0 aliphatic carbocycles. The molecule has 24 heavy (non-hydrogen) atoms. The van der Waals surface area contributed by atoms with E-state index in [1.165, 1.54) is 0 Å². The monoisotopic (exact) mass is 342 g/mol. The molecule has 0 N–H and O–H groups in total. The van der Waals surface area contributed by atoms with E-state index in [-0.39, 0.29) is 0 Å². The van der Waals surface area contributed by atoms with Gasteiger partial charge < -0.3 is 4.52 Å². The van der Waals surface area contributed by atoms with Gasteiger partial charge in [0.25, 0.3) is 0 Å². The minimum atomic E-state index is -3.46. The van der Waals surface area contributed by atoms with Crippen molar-refractivity contribution >= 4 is 8.77 Å². The summed E-state index contributed by atoms with van der Waals surface area (Å²) in [6.07, 6.45) is 1.14. The van der Waals surface area contributed by atoms with Gasteiger partial charge in [-0.2, -0.15) is 0 Å². The molecule has 0 aromatic heterocycles. The van der Waals surface area contributed by atoms with Gasteiger partial charge in [-0.1, -0.05) is 78.9 Å². The molecule has 0 heterocycles. The van der Waals surface area contributed by atoms with Crippen molar-refractivity contribution in [1.82, 2.24) is 0 Å². The fourth-order valence-corrected chi connectivity index (χ4v) is 3.11. The first kappa shape index (κ1) is 16.6. The molecular formula is C20H17F2OP. The SMILES string of the molecule is FP(F)Oc1c(Cc2ccccc2)cccc1Cc1ccccc1. The summed E-state index contributed by atoms with van der Waals surface area (Å²) in [6.45, 7) is 0. The van der Waals surface area contributed by atoms with E-state index >= 15 is 0 Å². The lowest BCUT2D eigenvalue weighted by atomic mass is 9.98. The molecule has 0 radical (unpaired) electrons. The third-order valence-electron chi connectivity index (χ3n) is 3.81. The van der Waals surface area contributed by atoms with E-state index in [4.69, 9.17) is 4.52 Å². The first-order valence-electron chi connectivity index (χ1n) is 7.70. The molecule has 0 amide bonds. The van der Waals surface area contributed by atoms with Gasteiger partial charge in [0.2, 0.25) is 0 Å². The maximum absolute atomic E-state index is 13.0. The summed E-state index contributed by atoms with van der Waals surface area (Å²) < 4.78 is 31.0. The minimum absolute atomic E-state index is 0.321. The van der Waals surface area contributed by atoms with E-state index < -0.39 is 8.77 Å². The molecule has 4 heteroatoms. The van der Waals surface area contributed by atoms with Gasteiger partial charge in [-0.25, -0.2) is 0 Å². The number of rotatable bonds is 6. The van der Waals surface area contributed by atoms with Crippen molar-refractivity contribution in [2.45, 2.75) is 12.8 Å². The summed E-state index contributed by atoms with van der Waals surface area (Å²) in [5.74, 6) is 0.321. The van der Waals surface area contributed by atoms with E-state index in [1.807, 2.05) is 78.9 Å². The second-order valence-corrected chi connectivity index (χ2v) is 6.11. The molecule has 3 aromatic rings. The molecule has 0 bridgehead atoms. The van der Waals surface area contributed by atoms with Crippen LogP contribution in [0.25, 0.3) is 0 Å². The Morgan fingerprint density at radius 2 is 1.08 bits per heavy atom. The fourth-order valence-electron chi connectivity index (χ4n) is 2.73. The summed E-state index contributed by atoms with van der Waals surface area (Å²) in [5, 5.41) is 0. The highest BCUT2D eigenvalue weighted by atomic mass is 31.2. The third kappa shape index (κ3) is 4.39. The lowest BCUT2D eigenvalue weighted by Gasteiger charge is -2.15. The van der Waals surface area contributed by atoms with Crippen LogP contribution in [0.15, 0.2) is 78.9 Å². The molecule has 0 atom stereocenters. The summed E-state index contributed by atoms with van der Waals surface area (Å²) >= 11 is 0. The van der Waals surface area contributed by atoms with Crippen LogP contribution >= 0.6 is 8.77 Å². The molecule has 3 rings (SSSR count). The Labute approximate surface area is 142 Å². The Morgan fingerprint density at radius 3 is 1.50 bits per heavy atom. The largest absolute Gasteiger partial charge is 0.481 e. The van der Waals surface area contributed by atoms with Gasteiger partial charge in [-0.3, -0.25) is 0 Å². The number of halogens is 2. The van der Waals surface area contributed by atoms with Gasteiger partial charge >= 0.3 is 8.77 Å². The van der Waals surface area contributed by atoms with Crippen molar-refractivity contribution in [3.05, 3.63) is 101 Å². The maximum Gasteiger partial charge on any atom is 0.481 e. The smallest absolute Gasteiger partial charge is 0.420 e. The zero-order valence-electron chi connectivity index (χ0n) is 13.0. The molecule has 0 fully saturated rings. The Bertz CT molecular complexity index is 716.